The van der Waals surface area contributed by atoms with Crippen LogP contribution in [0.5, 0.6) is 0 Å². The normalized spacial score (nSPS) is 21.6. The second-order valence-electron chi connectivity index (χ2n) is 5.12. The molecule has 2 heterocycles. The van der Waals surface area contributed by atoms with Crippen LogP contribution in [0.25, 0.3) is 0 Å². The summed E-state index contributed by atoms with van der Waals surface area (Å²) in [6.07, 6.45) is 1.72. The number of anilines is 1. The van der Waals surface area contributed by atoms with Crippen molar-refractivity contribution in [3.63, 3.8) is 0 Å². The molecule has 0 bridgehead atoms. The summed E-state index contributed by atoms with van der Waals surface area (Å²) in [5.41, 5.74) is 1.30. The third kappa shape index (κ3) is 2.96. The van der Waals surface area contributed by atoms with E-state index < -0.39 is 5.60 Å². The number of aryl methyl sites for hydroxylation is 1. The molecule has 0 aromatic carbocycles. The van der Waals surface area contributed by atoms with Gasteiger partial charge in [0, 0.05) is 18.8 Å². The molecule has 1 atom stereocenters. The molecular formula is C13H20N2O2. The van der Waals surface area contributed by atoms with Crippen LogP contribution in [0.15, 0.2) is 18.3 Å². The van der Waals surface area contributed by atoms with Gasteiger partial charge < -0.3 is 14.7 Å². The highest BCUT2D eigenvalue weighted by atomic mass is 16.5. The number of aromatic nitrogens is 1. The minimum Gasteiger partial charge on any atom is -0.388 e. The van der Waals surface area contributed by atoms with Crippen molar-refractivity contribution in [3.05, 3.63) is 24.0 Å². The number of rotatable bonds is 2. The Kier molecular flexibility index (Phi) is 3.35. The molecule has 1 aliphatic heterocycles. The van der Waals surface area contributed by atoms with Crippen LogP contribution in [-0.2, 0) is 4.74 Å². The zero-order valence-corrected chi connectivity index (χ0v) is 10.7. The lowest BCUT2D eigenvalue weighted by atomic mass is 10.00. The van der Waals surface area contributed by atoms with E-state index in [0.717, 1.165) is 17.9 Å². The number of ether oxygens (including phenoxy) is 1. The van der Waals surface area contributed by atoms with Crippen molar-refractivity contribution in [2.75, 3.05) is 24.6 Å². The Morgan fingerprint density at radius 3 is 2.82 bits per heavy atom. The van der Waals surface area contributed by atoms with E-state index in [2.05, 4.69) is 16.0 Å². The summed E-state index contributed by atoms with van der Waals surface area (Å²) in [5, 5.41) is 9.98. The molecule has 1 aromatic rings. The topological polar surface area (TPSA) is 45.6 Å². The molecular weight excluding hydrogens is 216 g/mol. The number of hydrogen-bond donors (Lipinski definition) is 1. The SMILES string of the molecule is Cc1ccc(N2CCOC(C(C)(C)O)C2)cn1. The minimum absolute atomic E-state index is 0.155. The zero-order valence-electron chi connectivity index (χ0n) is 10.7. The fourth-order valence-corrected chi connectivity index (χ4v) is 1.96. The number of aliphatic hydroxyl groups is 1. The standard InChI is InChI=1S/C13H20N2O2/c1-10-4-5-11(8-14-10)15-6-7-17-12(9-15)13(2,3)16/h4-5,8,12,16H,6-7,9H2,1-3H3. The van der Waals surface area contributed by atoms with E-state index in [-0.39, 0.29) is 6.10 Å². The Morgan fingerprint density at radius 1 is 1.47 bits per heavy atom. The van der Waals surface area contributed by atoms with Gasteiger partial charge in [0.15, 0.2) is 0 Å². The highest BCUT2D eigenvalue weighted by Gasteiger charge is 2.32. The van der Waals surface area contributed by atoms with Crippen molar-refractivity contribution in [1.82, 2.24) is 4.98 Å². The van der Waals surface area contributed by atoms with Crippen LogP contribution in [0.4, 0.5) is 5.69 Å². The Labute approximate surface area is 102 Å². The third-order valence-electron chi connectivity index (χ3n) is 3.12. The average molecular weight is 236 g/mol. The van der Waals surface area contributed by atoms with Gasteiger partial charge in [-0.25, -0.2) is 0 Å². The summed E-state index contributed by atoms with van der Waals surface area (Å²) in [7, 11) is 0. The van der Waals surface area contributed by atoms with E-state index in [0.29, 0.717) is 13.2 Å². The van der Waals surface area contributed by atoms with Gasteiger partial charge >= 0.3 is 0 Å². The Morgan fingerprint density at radius 2 is 2.24 bits per heavy atom. The van der Waals surface area contributed by atoms with Crippen LogP contribution in [0.1, 0.15) is 19.5 Å². The zero-order chi connectivity index (χ0) is 12.5. The molecule has 0 aliphatic carbocycles. The number of nitrogens with zero attached hydrogens (tertiary/aromatic N) is 2. The number of pyridine rings is 1. The first-order valence-electron chi connectivity index (χ1n) is 5.98. The van der Waals surface area contributed by atoms with Crippen LogP contribution in [0.2, 0.25) is 0 Å². The maximum atomic E-state index is 9.98. The van der Waals surface area contributed by atoms with Crippen molar-refractivity contribution in [3.8, 4) is 0 Å². The van der Waals surface area contributed by atoms with Crippen LogP contribution in [0, 0.1) is 6.92 Å². The maximum absolute atomic E-state index is 9.98. The molecule has 1 aromatic heterocycles. The Balaban J connectivity index is 2.09. The number of hydrogen-bond acceptors (Lipinski definition) is 4. The van der Waals surface area contributed by atoms with Crippen LogP contribution in [-0.4, -0.2) is 41.5 Å². The summed E-state index contributed by atoms with van der Waals surface area (Å²) in [4.78, 5) is 6.50. The fraction of sp³-hybridized carbons (Fsp3) is 0.615. The van der Waals surface area contributed by atoms with Crippen molar-refractivity contribution < 1.29 is 9.84 Å². The predicted molar refractivity (Wildman–Crippen MR) is 67.2 cm³/mol. The van der Waals surface area contributed by atoms with Gasteiger partial charge in [-0.15, -0.1) is 0 Å². The quantitative estimate of drug-likeness (QED) is 0.842. The smallest absolute Gasteiger partial charge is 0.103 e. The van der Waals surface area contributed by atoms with Gasteiger partial charge in [-0.2, -0.15) is 0 Å². The maximum Gasteiger partial charge on any atom is 0.103 e. The molecule has 94 valence electrons. The second kappa shape index (κ2) is 4.63. The summed E-state index contributed by atoms with van der Waals surface area (Å²) < 4.78 is 5.61. The van der Waals surface area contributed by atoms with Crippen LogP contribution in [0.3, 0.4) is 0 Å². The van der Waals surface area contributed by atoms with Gasteiger partial charge in [0.1, 0.15) is 6.10 Å². The van der Waals surface area contributed by atoms with Gasteiger partial charge in [-0.1, -0.05) is 0 Å². The first-order chi connectivity index (χ1) is 7.97. The lowest BCUT2D eigenvalue weighted by Crippen LogP contribution is -2.52. The average Bonchev–Trinajstić information content (AvgIpc) is 2.29. The molecule has 17 heavy (non-hydrogen) atoms. The van der Waals surface area contributed by atoms with Gasteiger partial charge in [0.2, 0.25) is 0 Å². The van der Waals surface area contributed by atoms with E-state index in [1.54, 1.807) is 13.8 Å². The van der Waals surface area contributed by atoms with Crippen molar-refractivity contribution in [2.24, 2.45) is 0 Å². The number of morpholine rings is 1. The van der Waals surface area contributed by atoms with Crippen molar-refractivity contribution in [1.29, 1.82) is 0 Å². The fourth-order valence-electron chi connectivity index (χ4n) is 1.96. The lowest BCUT2D eigenvalue weighted by Gasteiger charge is -2.39. The van der Waals surface area contributed by atoms with E-state index in [4.69, 9.17) is 4.74 Å². The summed E-state index contributed by atoms with van der Waals surface area (Å²) >= 11 is 0. The summed E-state index contributed by atoms with van der Waals surface area (Å²) in [6, 6.07) is 4.07. The summed E-state index contributed by atoms with van der Waals surface area (Å²) in [6.45, 7) is 7.74. The first-order valence-corrected chi connectivity index (χ1v) is 5.98. The van der Waals surface area contributed by atoms with E-state index >= 15 is 0 Å². The van der Waals surface area contributed by atoms with Crippen LogP contribution >= 0.6 is 0 Å². The van der Waals surface area contributed by atoms with E-state index in [1.165, 1.54) is 0 Å². The molecule has 0 spiro atoms. The molecule has 2 rings (SSSR count). The molecule has 0 saturated carbocycles. The lowest BCUT2D eigenvalue weighted by molar-refractivity contribution is -0.0928. The molecule has 0 amide bonds. The second-order valence-corrected chi connectivity index (χ2v) is 5.12. The third-order valence-corrected chi connectivity index (χ3v) is 3.12. The van der Waals surface area contributed by atoms with E-state index in [9.17, 15) is 5.11 Å². The molecule has 1 aliphatic rings. The largest absolute Gasteiger partial charge is 0.388 e. The van der Waals surface area contributed by atoms with Gasteiger partial charge in [0.25, 0.3) is 0 Å². The Bertz CT molecular complexity index is 370. The van der Waals surface area contributed by atoms with Crippen molar-refractivity contribution in [2.45, 2.75) is 32.5 Å². The van der Waals surface area contributed by atoms with Gasteiger partial charge in [-0.3, -0.25) is 4.98 Å². The first kappa shape index (κ1) is 12.3. The molecule has 1 unspecified atom stereocenters. The highest BCUT2D eigenvalue weighted by Crippen LogP contribution is 2.22. The minimum atomic E-state index is -0.809. The Hall–Kier alpha value is -1.13. The molecule has 1 fully saturated rings. The monoisotopic (exact) mass is 236 g/mol. The molecule has 1 N–H and O–H groups in total. The van der Waals surface area contributed by atoms with Crippen molar-refractivity contribution >= 4 is 5.69 Å². The van der Waals surface area contributed by atoms with Crippen LogP contribution < -0.4 is 4.90 Å². The molecule has 4 nitrogen and oxygen atoms in total. The molecule has 4 heteroatoms. The predicted octanol–water partition coefficient (Wildman–Crippen LogP) is 1.37. The highest BCUT2D eigenvalue weighted by molar-refractivity contribution is 5.45. The molecule has 1 saturated heterocycles. The summed E-state index contributed by atoms with van der Waals surface area (Å²) in [5.74, 6) is 0. The molecule has 0 radical (unpaired) electrons. The van der Waals surface area contributed by atoms with Gasteiger partial charge in [-0.05, 0) is 32.9 Å². The van der Waals surface area contributed by atoms with E-state index in [1.807, 2.05) is 19.2 Å². The van der Waals surface area contributed by atoms with Gasteiger partial charge in [0.05, 0.1) is 24.1 Å².